The fraction of sp³-hybridized carbons (Fsp3) is 0.333. The summed E-state index contributed by atoms with van der Waals surface area (Å²) in [6, 6.07) is 4.09. The number of rotatable bonds is 2. The Labute approximate surface area is 107 Å². The van der Waals surface area contributed by atoms with Crippen LogP contribution in [0.4, 0.5) is 0 Å². The maximum absolute atomic E-state index is 8.76. The minimum Gasteiger partial charge on any atom is -0.192 e. The van der Waals surface area contributed by atoms with E-state index in [-0.39, 0.29) is 4.58 Å². The molecule has 0 unspecified atom stereocenters. The minimum atomic E-state index is 0.258. The minimum absolute atomic E-state index is 0.258. The van der Waals surface area contributed by atoms with E-state index in [1.807, 2.05) is 12.1 Å². The van der Waals surface area contributed by atoms with Gasteiger partial charge in [-0.3, -0.25) is 0 Å². The lowest BCUT2D eigenvalue weighted by molar-refractivity contribution is 0.966. The van der Waals surface area contributed by atoms with Crippen LogP contribution in [0.2, 0.25) is 0 Å². The first kappa shape index (κ1) is 12.7. The summed E-state index contributed by atoms with van der Waals surface area (Å²) in [6.07, 6.45) is 1.66. The van der Waals surface area contributed by atoms with Gasteiger partial charge >= 0.3 is 0 Å². The molecule has 0 aliphatic carbocycles. The average molecular weight is 270 g/mol. The second kappa shape index (κ2) is 7.04. The Bertz CT molecular complexity index is 379. The van der Waals surface area contributed by atoms with Crippen LogP contribution >= 0.6 is 46.0 Å². The van der Waals surface area contributed by atoms with Crippen molar-refractivity contribution in [1.82, 2.24) is 0 Å². The van der Waals surface area contributed by atoms with Gasteiger partial charge in [0.1, 0.15) is 21.9 Å². The first-order valence-corrected chi connectivity index (χ1v) is 7.60. The fourth-order valence-corrected chi connectivity index (χ4v) is 3.77. The van der Waals surface area contributed by atoms with Crippen LogP contribution in [0.1, 0.15) is 12.8 Å². The Kier molecular flexibility index (Phi) is 5.98. The molecule has 0 fully saturated rings. The van der Waals surface area contributed by atoms with Crippen LogP contribution in [0.3, 0.4) is 0 Å². The third kappa shape index (κ3) is 3.97. The molecule has 0 N–H and O–H groups in total. The molecular formula is C9H6N2S4. The third-order valence-corrected chi connectivity index (χ3v) is 4.81. The predicted molar refractivity (Wildman–Crippen MR) is 70.8 cm³/mol. The van der Waals surface area contributed by atoms with Crippen LogP contribution in [0.25, 0.3) is 0 Å². The van der Waals surface area contributed by atoms with Crippen LogP contribution in [0, 0.1) is 33.8 Å². The van der Waals surface area contributed by atoms with Crippen molar-refractivity contribution in [2.75, 3.05) is 0 Å². The van der Waals surface area contributed by atoms with E-state index in [1.165, 1.54) is 34.3 Å². The normalized spacial score (nSPS) is 15.4. The van der Waals surface area contributed by atoms with Crippen molar-refractivity contribution in [1.29, 1.82) is 10.5 Å². The summed E-state index contributed by atoms with van der Waals surface area (Å²) in [5.74, 6) is 2.95. The van der Waals surface area contributed by atoms with Gasteiger partial charge in [0, 0.05) is 6.42 Å². The van der Waals surface area contributed by atoms with Crippen LogP contribution in [-0.2, 0) is 0 Å². The van der Waals surface area contributed by atoms with Crippen molar-refractivity contribution in [2.45, 2.75) is 17.4 Å². The van der Waals surface area contributed by atoms with Gasteiger partial charge in [-0.15, -0.1) is 0 Å². The molecule has 0 aromatic heterocycles. The number of thiol groups is 1. The number of nitriles is 2. The van der Waals surface area contributed by atoms with Crippen LogP contribution in [0.5, 0.6) is 0 Å². The standard InChI is InChI=1S/C9H6N2S4/c10-5-7-8(6-11)15-9(14-7)3-1-2-4-13-12/h9,12H,1,3H2. The molecule has 0 atom stereocenters. The lowest BCUT2D eigenvalue weighted by Gasteiger charge is -2.03. The summed E-state index contributed by atoms with van der Waals surface area (Å²) >= 11 is 6.83. The summed E-state index contributed by atoms with van der Waals surface area (Å²) in [4.78, 5) is 1.09. The molecule has 0 amide bonds. The molecule has 15 heavy (non-hydrogen) atoms. The van der Waals surface area contributed by atoms with E-state index in [2.05, 4.69) is 22.8 Å². The van der Waals surface area contributed by atoms with Gasteiger partial charge in [-0.2, -0.15) is 10.5 Å². The summed E-state index contributed by atoms with van der Waals surface area (Å²) < 4.78 is 0.258. The molecule has 76 valence electrons. The van der Waals surface area contributed by atoms with Crippen LogP contribution < -0.4 is 0 Å². The molecule has 1 rings (SSSR count). The van der Waals surface area contributed by atoms with Crippen LogP contribution in [0.15, 0.2) is 9.81 Å². The number of hydrogen-bond donors (Lipinski definition) is 1. The number of hydrogen-bond acceptors (Lipinski definition) is 6. The highest BCUT2D eigenvalue weighted by atomic mass is 33.1. The van der Waals surface area contributed by atoms with E-state index in [1.54, 1.807) is 0 Å². The van der Waals surface area contributed by atoms with Crippen molar-refractivity contribution in [2.24, 2.45) is 0 Å². The molecule has 0 spiro atoms. The van der Waals surface area contributed by atoms with Crippen molar-refractivity contribution in [3.8, 4) is 23.3 Å². The molecule has 0 aromatic rings. The smallest absolute Gasteiger partial charge is 0.110 e. The first-order valence-electron chi connectivity index (χ1n) is 3.98. The van der Waals surface area contributed by atoms with Gasteiger partial charge in [-0.05, 0) is 22.5 Å². The molecular weight excluding hydrogens is 264 g/mol. The second-order valence-electron chi connectivity index (χ2n) is 2.46. The molecule has 0 bridgehead atoms. The molecule has 0 radical (unpaired) electrons. The summed E-state index contributed by atoms with van der Waals surface area (Å²) in [6.45, 7) is 0. The number of thioether (sulfide) groups is 2. The highest BCUT2D eigenvalue weighted by Gasteiger charge is 2.25. The van der Waals surface area contributed by atoms with Crippen LogP contribution in [-0.4, -0.2) is 4.58 Å². The van der Waals surface area contributed by atoms with Gasteiger partial charge in [0.05, 0.1) is 4.58 Å². The maximum Gasteiger partial charge on any atom is 0.110 e. The SMILES string of the molecule is N#CC1=C(C#N)SC(CCC#CSS)S1. The second-order valence-corrected chi connectivity index (χ2v) is 6.11. The van der Waals surface area contributed by atoms with Crippen molar-refractivity contribution in [3.63, 3.8) is 0 Å². The molecule has 0 saturated carbocycles. The molecule has 1 aliphatic rings. The summed E-state index contributed by atoms with van der Waals surface area (Å²) in [5, 5.41) is 20.3. The average Bonchev–Trinajstić information content (AvgIpc) is 2.67. The highest BCUT2D eigenvalue weighted by Crippen LogP contribution is 2.46. The van der Waals surface area contributed by atoms with Gasteiger partial charge in [0.25, 0.3) is 0 Å². The lowest BCUT2D eigenvalue weighted by atomic mass is 10.3. The van der Waals surface area contributed by atoms with Gasteiger partial charge in [-0.25, -0.2) is 0 Å². The first-order chi connectivity index (χ1) is 7.31. The van der Waals surface area contributed by atoms with E-state index in [9.17, 15) is 0 Å². The van der Waals surface area contributed by atoms with Crippen molar-refractivity contribution >= 4 is 46.0 Å². The monoisotopic (exact) mass is 270 g/mol. The van der Waals surface area contributed by atoms with Gasteiger partial charge in [0.2, 0.25) is 0 Å². The Hall–Kier alpha value is -0.320. The Morgan fingerprint density at radius 3 is 2.33 bits per heavy atom. The van der Waals surface area contributed by atoms with Gasteiger partial charge in [0.15, 0.2) is 0 Å². The molecule has 0 aromatic carbocycles. The highest BCUT2D eigenvalue weighted by molar-refractivity contribution is 8.70. The largest absolute Gasteiger partial charge is 0.192 e. The van der Waals surface area contributed by atoms with Crippen molar-refractivity contribution < 1.29 is 0 Å². The lowest BCUT2D eigenvalue weighted by Crippen LogP contribution is -1.90. The molecule has 1 aliphatic heterocycles. The van der Waals surface area contributed by atoms with E-state index >= 15 is 0 Å². The Morgan fingerprint density at radius 1 is 1.27 bits per heavy atom. The molecule has 6 heteroatoms. The van der Waals surface area contributed by atoms with Crippen molar-refractivity contribution in [3.05, 3.63) is 9.81 Å². The quantitative estimate of drug-likeness (QED) is 0.473. The zero-order valence-electron chi connectivity index (χ0n) is 7.56. The van der Waals surface area contributed by atoms with E-state index < -0.39 is 0 Å². The number of nitrogens with zero attached hydrogens (tertiary/aromatic N) is 2. The van der Waals surface area contributed by atoms with Gasteiger partial charge in [-0.1, -0.05) is 41.1 Å². The van der Waals surface area contributed by atoms with E-state index in [0.717, 1.165) is 12.8 Å². The summed E-state index contributed by atoms with van der Waals surface area (Å²) in [7, 11) is 1.20. The maximum atomic E-state index is 8.76. The molecule has 2 nitrogen and oxygen atoms in total. The molecule has 1 heterocycles. The van der Waals surface area contributed by atoms with E-state index in [0.29, 0.717) is 9.81 Å². The van der Waals surface area contributed by atoms with E-state index in [4.69, 9.17) is 10.5 Å². The summed E-state index contributed by atoms with van der Waals surface area (Å²) in [5.41, 5.74) is 0. The Morgan fingerprint density at radius 2 is 1.87 bits per heavy atom. The Balaban J connectivity index is 2.41. The zero-order valence-corrected chi connectivity index (χ0v) is 10.9. The number of allylic oxidation sites excluding steroid dienone is 2. The van der Waals surface area contributed by atoms with Gasteiger partial charge < -0.3 is 0 Å². The predicted octanol–water partition coefficient (Wildman–Crippen LogP) is 3.37. The molecule has 0 saturated heterocycles. The topological polar surface area (TPSA) is 47.6 Å². The fourth-order valence-electron chi connectivity index (χ4n) is 0.939. The zero-order chi connectivity index (χ0) is 11.1. The third-order valence-electron chi connectivity index (χ3n) is 1.53.